The Labute approximate surface area is 185 Å². The number of rotatable bonds is 11. The van der Waals surface area contributed by atoms with Crippen LogP contribution in [0.1, 0.15) is 10.4 Å². The van der Waals surface area contributed by atoms with Crippen molar-refractivity contribution in [3.63, 3.8) is 0 Å². The zero-order valence-electron chi connectivity index (χ0n) is 18.3. The van der Waals surface area contributed by atoms with E-state index in [9.17, 15) is 4.79 Å². The lowest BCUT2D eigenvalue weighted by atomic mass is 10.2. The molecule has 1 saturated heterocycles. The molecule has 1 aliphatic heterocycles. The Morgan fingerprint density at radius 3 is 2.57 bits per heavy atom. The van der Waals surface area contributed by atoms with Crippen LogP contribution in [0, 0.1) is 0 Å². The first-order valence-electron chi connectivity index (χ1n) is 9.81. The van der Waals surface area contributed by atoms with Crippen molar-refractivity contribution in [3.05, 3.63) is 60.7 Å². The SMILES string of the molecule is C=C/C=C(\C=C)COC.COc1ccc(C=O)cc1N(CCN1CCOCC1)SC. The van der Waals surface area contributed by atoms with Gasteiger partial charge in [0.1, 0.15) is 12.0 Å². The van der Waals surface area contributed by atoms with E-state index in [1.807, 2.05) is 24.5 Å². The monoisotopic (exact) mass is 434 g/mol. The lowest BCUT2D eigenvalue weighted by Crippen LogP contribution is -2.40. The molecule has 0 saturated carbocycles. The summed E-state index contributed by atoms with van der Waals surface area (Å²) in [5, 5.41) is 0. The Morgan fingerprint density at radius 2 is 2.03 bits per heavy atom. The number of anilines is 1. The summed E-state index contributed by atoms with van der Waals surface area (Å²) < 4.78 is 17.8. The summed E-state index contributed by atoms with van der Waals surface area (Å²) in [6, 6.07) is 5.49. The van der Waals surface area contributed by atoms with Gasteiger partial charge in [-0.1, -0.05) is 43.3 Å². The Bertz CT molecular complexity index is 688. The Morgan fingerprint density at radius 1 is 1.30 bits per heavy atom. The maximum Gasteiger partial charge on any atom is 0.150 e. The average molecular weight is 435 g/mol. The summed E-state index contributed by atoms with van der Waals surface area (Å²) in [7, 11) is 3.31. The van der Waals surface area contributed by atoms with Crippen LogP contribution < -0.4 is 9.04 Å². The molecular formula is C23H34N2O4S. The molecule has 0 amide bonds. The lowest BCUT2D eigenvalue weighted by molar-refractivity contribution is 0.0395. The molecule has 0 atom stereocenters. The van der Waals surface area contributed by atoms with Gasteiger partial charge in [-0.2, -0.15) is 0 Å². The van der Waals surface area contributed by atoms with E-state index in [0.29, 0.717) is 12.2 Å². The normalized spacial score (nSPS) is 14.3. The molecule has 0 radical (unpaired) electrons. The molecule has 6 nitrogen and oxygen atoms in total. The maximum absolute atomic E-state index is 11.0. The maximum atomic E-state index is 11.0. The van der Waals surface area contributed by atoms with Gasteiger partial charge in [0.2, 0.25) is 0 Å². The lowest BCUT2D eigenvalue weighted by Gasteiger charge is -2.30. The molecule has 0 aliphatic carbocycles. The third-order valence-electron chi connectivity index (χ3n) is 4.46. The molecule has 0 N–H and O–H groups in total. The summed E-state index contributed by atoms with van der Waals surface area (Å²) in [5.74, 6) is 0.789. The van der Waals surface area contributed by atoms with Gasteiger partial charge in [0.05, 0.1) is 32.6 Å². The zero-order chi connectivity index (χ0) is 22.2. The predicted molar refractivity (Wildman–Crippen MR) is 127 cm³/mol. The third-order valence-corrected chi connectivity index (χ3v) is 5.28. The van der Waals surface area contributed by atoms with Gasteiger partial charge in [0, 0.05) is 45.1 Å². The minimum Gasteiger partial charge on any atom is -0.495 e. The molecular weight excluding hydrogens is 400 g/mol. The molecule has 1 heterocycles. The average Bonchev–Trinajstić information content (AvgIpc) is 2.80. The second-order valence-corrected chi connectivity index (χ2v) is 7.21. The van der Waals surface area contributed by atoms with Crippen LogP contribution in [0.3, 0.4) is 0 Å². The first kappa shape index (κ1) is 26.0. The van der Waals surface area contributed by atoms with E-state index in [0.717, 1.165) is 62.7 Å². The van der Waals surface area contributed by atoms with Crippen molar-refractivity contribution in [3.8, 4) is 5.75 Å². The molecule has 1 aliphatic rings. The molecule has 166 valence electrons. The van der Waals surface area contributed by atoms with Crippen LogP contribution in [-0.2, 0) is 9.47 Å². The number of hydrogen-bond donors (Lipinski definition) is 0. The van der Waals surface area contributed by atoms with E-state index >= 15 is 0 Å². The fourth-order valence-corrected chi connectivity index (χ4v) is 3.44. The van der Waals surface area contributed by atoms with E-state index in [-0.39, 0.29) is 0 Å². The van der Waals surface area contributed by atoms with Crippen LogP contribution in [-0.4, -0.2) is 77.7 Å². The van der Waals surface area contributed by atoms with Crippen molar-refractivity contribution in [2.24, 2.45) is 0 Å². The Kier molecular flexibility index (Phi) is 13.6. The van der Waals surface area contributed by atoms with E-state index < -0.39 is 0 Å². The summed E-state index contributed by atoms with van der Waals surface area (Å²) in [4.78, 5) is 13.4. The first-order valence-corrected chi connectivity index (χ1v) is 11.0. The first-order chi connectivity index (χ1) is 14.6. The topological polar surface area (TPSA) is 51.2 Å². The Balaban J connectivity index is 0.000000424. The summed E-state index contributed by atoms with van der Waals surface area (Å²) in [6.07, 6.45) is 8.24. The number of benzene rings is 1. The highest BCUT2D eigenvalue weighted by Gasteiger charge is 2.15. The van der Waals surface area contributed by atoms with Crippen molar-refractivity contribution in [1.29, 1.82) is 0 Å². The van der Waals surface area contributed by atoms with Crippen molar-refractivity contribution < 1.29 is 19.0 Å². The second kappa shape index (κ2) is 15.7. The van der Waals surface area contributed by atoms with Gasteiger partial charge < -0.3 is 18.5 Å². The fourth-order valence-electron chi connectivity index (χ4n) is 2.84. The van der Waals surface area contributed by atoms with Crippen molar-refractivity contribution in [2.75, 3.05) is 70.8 Å². The predicted octanol–water partition coefficient (Wildman–Crippen LogP) is 3.86. The van der Waals surface area contributed by atoms with Gasteiger partial charge in [-0.25, -0.2) is 0 Å². The largest absolute Gasteiger partial charge is 0.495 e. The number of methoxy groups -OCH3 is 2. The molecule has 30 heavy (non-hydrogen) atoms. The smallest absolute Gasteiger partial charge is 0.150 e. The van der Waals surface area contributed by atoms with Crippen molar-refractivity contribution >= 4 is 23.9 Å². The van der Waals surface area contributed by atoms with Crippen LogP contribution in [0.2, 0.25) is 0 Å². The highest BCUT2D eigenvalue weighted by atomic mass is 32.2. The molecule has 7 heteroatoms. The van der Waals surface area contributed by atoms with E-state index in [4.69, 9.17) is 14.2 Å². The van der Waals surface area contributed by atoms with Crippen LogP contribution in [0.15, 0.2) is 55.2 Å². The Hall–Kier alpha value is -2.06. The van der Waals surface area contributed by atoms with Crippen molar-refractivity contribution in [2.45, 2.75) is 0 Å². The molecule has 2 rings (SSSR count). The number of hydrogen-bond acceptors (Lipinski definition) is 7. The summed E-state index contributed by atoms with van der Waals surface area (Å²) >= 11 is 1.64. The van der Waals surface area contributed by atoms with Gasteiger partial charge in [0.25, 0.3) is 0 Å². The highest BCUT2D eigenvalue weighted by Crippen LogP contribution is 2.32. The minimum atomic E-state index is 0.607. The molecule has 1 aromatic carbocycles. The van der Waals surface area contributed by atoms with Crippen LogP contribution in [0.5, 0.6) is 5.75 Å². The number of aldehydes is 1. The number of nitrogens with zero attached hydrogens (tertiary/aromatic N) is 2. The van der Waals surface area contributed by atoms with E-state index in [2.05, 4.69) is 22.4 Å². The van der Waals surface area contributed by atoms with Gasteiger partial charge in [-0.3, -0.25) is 9.69 Å². The van der Waals surface area contributed by atoms with Gasteiger partial charge in [0.15, 0.2) is 0 Å². The number of morpholine rings is 1. The summed E-state index contributed by atoms with van der Waals surface area (Å²) in [6.45, 7) is 13.2. The standard InChI is InChI=1S/C15H22N2O3S.C8H12O/c1-19-15-4-3-13(12-18)11-14(15)17(21-2)6-5-16-7-9-20-10-8-16;1-4-6-8(5-2)7-9-3/h3-4,11-12H,5-10H2,1-2H3;4-6H,1-2,7H2,3H3/b;8-6+. The van der Waals surface area contributed by atoms with Crippen molar-refractivity contribution in [1.82, 2.24) is 4.90 Å². The van der Waals surface area contributed by atoms with Gasteiger partial charge in [-0.15, -0.1) is 0 Å². The molecule has 0 bridgehead atoms. The third kappa shape index (κ3) is 9.17. The molecule has 0 aromatic heterocycles. The zero-order valence-corrected chi connectivity index (χ0v) is 19.2. The van der Waals surface area contributed by atoms with Gasteiger partial charge >= 0.3 is 0 Å². The number of allylic oxidation sites excluding steroid dienone is 2. The number of carbonyl (C=O) groups is 1. The van der Waals surface area contributed by atoms with E-state index in [1.54, 1.807) is 44.4 Å². The fraction of sp³-hybridized carbons (Fsp3) is 0.435. The number of ether oxygens (including phenoxy) is 3. The van der Waals surface area contributed by atoms with Gasteiger partial charge in [-0.05, 0) is 23.8 Å². The number of carbonyl (C=O) groups excluding carboxylic acids is 1. The van der Waals surface area contributed by atoms with Crippen LogP contribution >= 0.6 is 11.9 Å². The minimum absolute atomic E-state index is 0.607. The second-order valence-electron chi connectivity index (χ2n) is 6.40. The molecule has 1 fully saturated rings. The highest BCUT2D eigenvalue weighted by molar-refractivity contribution is 7.99. The molecule has 0 spiro atoms. The van der Waals surface area contributed by atoms with Crippen LogP contribution in [0.4, 0.5) is 5.69 Å². The van der Waals surface area contributed by atoms with Crippen LogP contribution in [0.25, 0.3) is 0 Å². The molecule has 1 aromatic rings. The van der Waals surface area contributed by atoms with E-state index in [1.165, 1.54) is 0 Å². The molecule has 0 unspecified atom stereocenters. The summed E-state index contributed by atoms with van der Waals surface area (Å²) in [5.41, 5.74) is 2.66. The quantitative estimate of drug-likeness (QED) is 0.298.